The minimum absolute atomic E-state index is 0.124. The van der Waals surface area contributed by atoms with Gasteiger partial charge in [0, 0.05) is 17.2 Å². The summed E-state index contributed by atoms with van der Waals surface area (Å²) in [5.41, 5.74) is 5.54. The number of nitrogens with zero attached hydrogens (tertiary/aromatic N) is 1. The van der Waals surface area contributed by atoms with Gasteiger partial charge >= 0.3 is 0 Å². The molecule has 0 spiro atoms. The van der Waals surface area contributed by atoms with Crippen LogP contribution >= 0.6 is 0 Å². The van der Waals surface area contributed by atoms with Crippen molar-refractivity contribution in [1.29, 1.82) is 0 Å². The highest BCUT2D eigenvalue weighted by Crippen LogP contribution is 2.40. The number of aryl methyl sites for hydroxylation is 1. The molecule has 1 saturated carbocycles. The molecule has 1 aromatic carbocycles. The molecule has 0 heterocycles. The molecule has 2 aliphatic rings. The number of carbonyl (C=O) groups is 1. The maximum atomic E-state index is 11.9. The van der Waals surface area contributed by atoms with Crippen LogP contribution in [0.4, 0.5) is 0 Å². The van der Waals surface area contributed by atoms with E-state index in [-0.39, 0.29) is 5.91 Å². The predicted molar refractivity (Wildman–Crippen MR) is 71.4 cm³/mol. The second kappa shape index (κ2) is 4.41. The molecular weight excluding hydrogens is 224 g/mol. The predicted octanol–water partition coefficient (Wildman–Crippen LogP) is 2.68. The third-order valence-corrected chi connectivity index (χ3v) is 3.74. The Morgan fingerprint density at radius 3 is 3.11 bits per heavy atom. The molecule has 2 unspecified atom stereocenters. The lowest BCUT2D eigenvalue weighted by Crippen LogP contribution is -2.35. The molecule has 1 amide bonds. The van der Waals surface area contributed by atoms with Gasteiger partial charge in [-0.2, -0.15) is 5.10 Å². The van der Waals surface area contributed by atoms with E-state index >= 15 is 0 Å². The second-order valence-corrected chi connectivity index (χ2v) is 5.05. The molecular formula is C15H16N2O. The van der Waals surface area contributed by atoms with Gasteiger partial charge in [-0.25, -0.2) is 5.43 Å². The fourth-order valence-electron chi connectivity index (χ4n) is 2.64. The van der Waals surface area contributed by atoms with Gasteiger partial charge in [-0.1, -0.05) is 29.8 Å². The summed E-state index contributed by atoms with van der Waals surface area (Å²) in [6, 6.07) is 7.54. The number of rotatable bonds is 2. The lowest BCUT2D eigenvalue weighted by atomic mass is 9.74. The van der Waals surface area contributed by atoms with Crippen LogP contribution in [0.15, 0.2) is 41.5 Å². The molecule has 2 aliphatic carbocycles. The topological polar surface area (TPSA) is 41.5 Å². The Labute approximate surface area is 107 Å². The van der Waals surface area contributed by atoms with Crippen molar-refractivity contribution in [3.8, 4) is 0 Å². The number of fused-ring (bicyclic) bond motifs is 1. The molecule has 0 aromatic heterocycles. The first kappa shape index (κ1) is 11.2. The Bertz CT molecular complexity index is 545. The maximum absolute atomic E-state index is 11.9. The van der Waals surface area contributed by atoms with Crippen molar-refractivity contribution in [2.24, 2.45) is 16.9 Å². The minimum Gasteiger partial charge on any atom is -0.267 e. The van der Waals surface area contributed by atoms with E-state index in [4.69, 9.17) is 0 Å². The van der Waals surface area contributed by atoms with Crippen LogP contribution in [0.1, 0.15) is 28.8 Å². The first-order valence-electron chi connectivity index (χ1n) is 6.34. The van der Waals surface area contributed by atoms with E-state index in [1.807, 2.05) is 31.2 Å². The molecule has 0 bridgehead atoms. The summed E-state index contributed by atoms with van der Waals surface area (Å²) >= 11 is 0. The van der Waals surface area contributed by atoms with Gasteiger partial charge in [0.2, 0.25) is 0 Å². The third kappa shape index (κ3) is 1.96. The van der Waals surface area contributed by atoms with Crippen molar-refractivity contribution in [2.75, 3.05) is 0 Å². The molecule has 18 heavy (non-hydrogen) atoms. The van der Waals surface area contributed by atoms with Gasteiger partial charge in [0.05, 0.1) is 0 Å². The quantitative estimate of drug-likeness (QED) is 0.626. The monoisotopic (exact) mass is 240 g/mol. The van der Waals surface area contributed by atoms with Gasteiger partial charge in [-0.3, -0.25) is 4.79 Å². The first-order valence-corrected chi connectivity index (χ1v) is 6.34. The molecule has 0 saturated heterocycles. The summed E-state index contributed by atoms with van der Waals surface area (Å²) in [6.07, 6.45) is 6.53. The lowest BCUT2D eigenvalue weighted by molar-refractivity contribution is 0.0954. The van der Waals surface area contributed by atoms with Crippen LogP contribution in [-0.4, -0.2) is 11.6 Å². The summed E-state index contributed by atoms with van der Waals surface area (Å²) in [5, 5.41) is 4.26. The normalized spacial score (nSPS) is 26.8. The molecule has 2 atom stereocenters. The largest absolute Gasteiger partial charge is 0.271 e. The molecule has 1 fully saturated rings. The zero-order chi connectivity index (χ0) is 12.5. The van der Waals surface area contributed by atoms with E-state index in [1.54, 1.807) is 0 Å². The molecule has 1 aromatic rings. The number of amides is 1. The number of hydrogen-bond acceptors (Lipinski definition) is 2. The van der Waals surface area contributed by atoms with Gasteiger partial charge in [-0.15, -0.1) is 0 Å². The summed E-state index contributed by atoms with van der Waals surface area (Å²) in [5.74, 6) is 1.09. The van der Waals surface area contributed by atoms with Crippen LogP contribution in [0.25, 0.3) is 0 Å². The average molecular weight is 240 g/mol. The van der Waals surface area contributed by atoms with Gasteiger partial charge in [0.1, 0.15) is 0 Å². The number of allylic oxidation sites excluding steroid dienone is 2. The molecule has 0 radical (unpaired) electrons. The summed E-state index contributed by atoms with van der Waals surface area (Å²) < 4.78 is 0. The fourth-order valence-corrected chi connectivity index (χ4v) is 2.64. The maximum Gasteiger partial charge on any atom is 0.271 e. The summed E-state index contributed by atoms with van der Waals surface area (Å²) in [7, 11) is 0. The van der Waals surface area contributed by atoms with E-state index in [1.165, 1.54) is 0 Å². The number of carbonyl (C=O) groups excluding carboxylic acids is 1. The van der Waals surface area contributed by atoms with Crippen molar-refractivity contribution >= 4 is 11.6 Å². The van der Waals surface area contributed by atoms with E-state index in [2.05, 4.69) is 22.7 Å². The van der Waals surface area contributed by atoms with Crippen molar-refractivity contribution < 1.29 is 4.79 Å². The van der Waals surface area contributed by atoms with Crippen molar-refractivity contribution in [3.05, 3.63) is 47.5 Å². The minimum atomic E-state index is -0.124. The third-order valence-electron chi connectivity index (χ3n) is 3.74. The van der Waals surface area contributed by atoms with Gasteiger partial charge in [-0.05, 0) is 37.8 Å². The Balaban J connectivity index is 1.64. The molecule has 1 N–H and O–H groups in total. The standard InChI is InChI=1S/C15H16N2O/c1-10-4-2-6-12(8-10)15(18)17-16-14-9-11-5-3-7-13(11)14/h2-6,8,11,13H,7,9H2,1H3,(H,17,18)/b16-14-. The van der Waals surface area contributed by atoms with Gasteiger partial charge < -0.3 is 0 Å². The molecule has 92 valence electrons. The molecule has 3 nitrogen and oxygen atoms in total. The smallest absolute Gasteiger partial charge is 0.267 e. The average Bonchev–Trinajstić information content (AvgIpc) is 2.71. The van der Waals surface area contributed by atoms with Crippen LogP contribution in [0, 0.1) is 18.8 Å². The Morgan fingerprint density at radius 1 is 1.44 bits per heavy atom. The summed E-state index contributed by atoms with van der Waals surface area (Å²) in [6.45, 7) is 1.98. The van der Waals surface area contributed by atoms with Crippen LogP contribution in [-0.2, 0) is 0 Å². The van der Waals surface area contributed by atoms with Crippen molar-refractivity contribution in [1.82, 2.24) is 5.43 Å². The fraction of sp³-hybridized carbons (Fsp3) is 0.333. The SMILES string of the molecule is Cc1cccc(C(=O)N/N=C2/CC3C=CCC23)c1. The van der Waals surface area contributed by atoms with Crippen LogP contribution in [0.5, 0.6) is 0 Å². The number of hydrogen-bond donors (Lipinski definition) is 1. The molecule has 3 heteroatoms. The molecule has 3 rings (SSSR count). The highest BCUT2D eigenvalue weighted by atomic mass is 16.2. The Hall–Kier alpha value is -1.90. The van der Waals surface area contributed by atoms with Crippen LogP contribution in [0.2, 0.25) is 0 Å². The number of benzene rings is 1. The Kier molecular flexibility index (Phi) is 2.74. The van der Waals surface area contributed by atoms with Crippen LogP contribution in [0.3, 0.4) is 0 Å². The van der Waals surface area contributed by atoms with E-state index in [9.17, 15) is 4.79 Å². The zero-order valence-electron chi connectivity index (χ0n) is 10.4. The molecule has 0 aliphatic heterocycles. The van der Waals surface area contributed by atoms with Crippen molar-refractivity contribution in [3.63, 3.8) is 0 Å². The van der Waals surface area contributed by atoms with Crippen LogP contribution < -0.4 is 5.43 Å². The highest BCUT2D eigenvalue weighted by Gasteiger charge is 2.37. The zero-order valence-corrected chi connectivity index (χ0v) is 10.4. The lowest BCUT2D eigenvalue weighted by Gasteiger charge is -2.31. The van der Waals surface area contributed by atoms with E-state index < -0.39 is 0 Å². The van der Waals surface area contributed by atoms with Gasteiger partial charge in [0.15, 0.2) is 0 Å². The summed E-state index contributed by atoms with van der Waals surface area (Å²) in [4.78, 5) is 11.9. The number of hydrazone groups is 1. The highest BCUT2D eigenvalue weighted by molar-refractivity contribution is 5.98. The Morgan fingerprint density at radius 2 is 2.33 bits per heavy atom. The second-order valence-electron chi connectivity index (χ2n) is 5.05. The van der Waals surface area contributed by atoms with Crippen molar-refractivity contribution in [2.45, 2.75) is 19.8 Å². The van der Waals surface area contributed by atoms with E-state index in [0.717, 1.165) is 24.1 Å². The van der Waals surface area contributed by atoms with Gasteiger partial charge in [0.25, 0.3) is 5.91 Å². The number of nitrogens with one attached hydrogen (secondary N) is 1. The van der Waals surface area contributed by atoms with E-state index in [0.29, 0.717) is 17.4 Å². The first-order chi connectivity index (χ1) is 8.74.